The van der Waals surface area contributed by atoms with Crippen molar-refractivity contribution in [1.29, 1.82) is 0 Å². The number of anilines is 2. The van der Waals surface area contributed by atoms with Crippen molar-refractivity contribution in [2.45, 2.75) is 52.2 Å². The molecule has 0 radical (unpaired) electrons. The highest BCUT2D eigenvalue weighted by Crippen LogP contribution is 2.27. The summed E-state index contributed by atoms with van der Waals surface area (Å²) in [6.07, 6.45) is 0.271. The maximum absolute atomic E-state index is 13.0. The molecule has 0 aliphatic heterocycles. The number of hydrogen-bond donors (Lipinski definition) is 3. The van der Waals surface area contributed by atoms with Crippen LogP contribution in [0.2, 0.25) is 0 Å². The van der Waals surface area contributed by atoms with Gasteiger partial charge in [0.2, 0.25) is 0 Å². The summed E-state index contributed by atoms with van der Waals surface area (Å²) < 4.78 is 9.86. The molecule has 0 bridgehead atoms. The molecular weight excluding hydrogens is 338 g/mol. The molecule has 0 aliphatic rings. The number of carbonyl (C=O) groups is 3. The predicted octanol–water partition coefficient (Wildman–Crippen LogP) is 2.51. The van der Waals surface area contributed by atoms with Gasteiger partial charge in [0, 0.05) is 5.69 Å². The number of nitrogens with one attached hydrogen (secondary N) is 1. The van der Waals surface area contributed by atoms with Crippen molar-refractivity contribution in [3.63, 3.8) is 0 Å². The lowest BCUT2D eigenvalue weighted by atomic mass is 9.95. The van der Waals surface area contributed by atoms with E-state index in [1.807, 2.05) is 6.92 Å². The number of ketones is 1. The largest absolute Gasteiger partial charge is 0.465 e. The highest BCUT2D eigenvalue weighted by Gasteiger charge is 2.29. The van der Waals surface area contributed by atoms with Gasteiger partial charge in [-0.05, 0) is 39.3 Å². The first-order valence-electron chi connectivity index (χ1n) is 8.31. The van der Waals surface area contributed by atoms with Crippen molar-refractivity contribution >= 4 is 29.2 Å². The molecule has 1 atom stereocenters. The van der Waals surface area contributed by atoms with E-state index >= 15 is 0 Å². The molecule has 5 N–H and O–H groups in total. The summed E-state index contributed by atoms with van der Waals surface area (Å²) in [5, 5.41) is 2.55. The molecule has 0 heterocycles. The first-order chi connectivity index (χ1) is 12.0. The smallest absolute Gasteiger partial charge is 0.408 e. The monoisotopic (exact) mass is 365 g/mol. The van der Waals surface area contributed by atoms with Crippen LogP contribution in [0.3, 0.4) is 0 Å². The molecular formula is C18H27N3O5. The zero-order valence-electron chi connectivity index (χ0n) is 15.8. The lowest BCUT2D eigenvalue weighted by Gasteiger charge is -2.23. The molecule has 0 spiro atoms. The van der Waals surface area contributed by atoms with E-state index < -0.39 is 29.5 Å². The number of benzene rings is 1. The third kappa shape index (κ3) is 5.37. The van der Waals surface area contributed by atoms with Gasteiger partial charge in [-0.3, -0.25) is 4.79 Å². The summed E-state index contributed by atoms with van der Waals surface area (Å²) >= 11 is 0. The highest BCUT2D eigenvalue weighted by atomic mass is 16.6. The lowest BCUT2D eigenvalue weighted by molar-refractivity contribution is 0.0487. The van der Waals surface area contributed by atoms with Crippen LogP contribution in [0.5, 0.6) is 0 Å². The van der Waals surface area contributed by atoms with Gasteiger partial charge in [0.05, 0.1) is 30.0 Å². The first-order valence-corrected chi connectivity index (χ1v) is 8.31. The van der Waals surface area contributed by atoms with Crippen LogP contribution in [0.4, 0.5) is 16.2 Å². The van der Waals surface area contributed by atoms with Crippen LogP contribution in [-0.2, 0) is 9.47 Å². The molecule has 1 rings (SSSR count). The summed E-state index contributed by atoms with van der Waals surface area (Å²) in [5.41, 5.74) is 11.3. The minimum atomic E-state index is -0.882. The van der Waals surface area contributed by atoms with Crippen LogP contribution in [0.25, 0.3) is 0 Å². The first kappa shape index (κ1) is 21.3. The average Bonchev–Trinajstić information content (AvgIpc) is 2.52. The van der Waals surface area contributed by atoms with Crippen molar-refractivity contribution in [3.8, 4) is 0 Å². The van der Waals surface area contributed by atoms with Gasteiger partial charge < -0.3 is 26.3 Å². The Balaban J connectivity index is 3.20. The zero-order valence-corrected chi connectivity index (χ0v) is 15.8. The molecule has 0 aliphatic carbocycles. The van der Waals surface area contributed by atoms with Crippen LogP contribution in [0.15, 0.2) is 12.1 Å². The van der Waals surface area contributed by atoms with Crippen molar-refractivity contribution in [2.24, 2.45) is 0 Å². The molecule has 1 amide bonds. The Morgan fingerprint density at radius 1 is 1.19 bits per heavy atom. The molecule has 1 aromatic rings. The van der Waals surface area contributed by atoms with Gasteiger partial charge in [0.15, 0.2) is 5.78 Å². The quantitative estimate of drug-likeness (QED) is 0.400. The number of Topliss-reactive ketones (excluding diaryl/α,β-unsaturated/α-hetero) is 1. The van der Waals surface area contributed by atoms with E-state index in [1.54, 1.807) is 20.8 Å². The Hall–Kier alpha value is -2.77. The van der Waals surface area contributed by atoms with E-state index in [1.165, 1.54) is 19.2 Å². The molecule has 0 saturated heterocycles. The van der Waals surface area contributed by atoms with E-state index in [-0.39, 0.29) is 22.5 Å². The van der Waals surface area contributed by atoms with Crippen LogP contribution in [-0.4, -0.2) is 36.6 Å². The van der Waals surface area contributed by atoms with Crippen molar-refractivity contribution in [2.75, 3.05) is 18.6 Å². The summed E-state index contributed by atoms with van der Waals surface area (Å²) in [6, 6.07) is 1.92. The predicted molar refractivity (Wildman–Crippen MR) is 99.0 cm³/mol. The Kier molecular flexibility index (Phi) is 7.00. The topological polar surface area (TPSA) is 134 Å². The molecule has 0 fully saturated rings. The fraction of sp³-hybridized carbons (Fsp3) is 0.500. The van der Waals surface area contributed by atoms with Gasteiger partial charge in [-0.2, -0.15) is 0 Å². The maximum Gasteiger partial charge on any atom is 0.408 e. The van der Waals surface area contributed by atoms with Gasteiger partial charge in [0.25, 0.3) is 0 Å². The van der Waals surface area contributed by atoms with Gasteiger partial charge in [-0.1, -0.05) is 13.3 Å². The number of hydrogen-bond acceptors (Lipinski definition) is 7. The van der Waals surface area contributed by atoms with Crippen molar-refractivity contribution < 1.29 is 23.9 Å². The molecule has 144 valence electrons. The third-order valence-corrected chi connectivity index (χ3v) is 3.51. The minimum absolute atomic E-state index is 0.0117. The number of ether oxygens (including phenoxy) is 2. The number of nitrogens with two attached hydrogens (primary N) is 2. The fourth-order valence-electron chi connectivity index (χ4n) is 2.38. The third-order valence-electron chi connectivity index (χ3n) is 3.51. The second-order valence-corrected chi connectivity index (χ2v) is 6.83. The molecule has 8 nitrogen and oxygen atoms in total. The number of carbonyl (C=O) groups excluding carboxylic acids is 3. The zero-order chi connectivity index (χ0) is 20.1. The second-order valence-electron chi connectivity index (χ2n) is 6.83. The van der Waals surface area contributed by atoms with Gasteiger partial charge in [0.1, 0.15) is 5.60 Å². The SMILES string of the molecule is CCCC(NC(=O)OC(C)(C)C)C(=O)c1c(N)ccc(C(=O)OC)c1N. The Labute approximate surface area is 153 Å². The summed E-state index contributed by atoms with van der Waals surface area (Å²) in [6.45, 7) is 7.03. The molecule has 8 heteroatoms. The van der Waals surface area contributed by atoms with Crippen molar-refractivity contribution in [3.05, 3.63) is 23.3 Å². The Morgan fingerprint density at radius 3 is 2.31 bits per heavy atom. The number of rotatable bonds is 6. The van der Waals surface area contributed by atoms with E-state index in [2.05, 4.69) is 10.1 Å². The van der Waals surface area contributed by atoms with Crippen LogP contribution in [0.1, 0.15) is 61.3 Å². The molecule has 1 unspecified atom stereocenters. The average molecular weight is 365 g/mol. The number of esters is 1. The van der Waals surface area contributed by atoms with E-state index in [4.69, 9.17) is 16.2 Å². The Bertz CT molecular complexity index is 695. The summed E-state index contributed by atoms with van der Waals surface area (Å²) in [5.74, 6) is -1.16. The van der Waals surface area contributed by atoms with Crippen molar-refractivity contribution in [1.82, 2.24) is 5.32 Å². The summed E-state index contributed by atoms with van der Waals surface area (Å²) in [4.78, 5) is 36.8. The maximum atomic E-state index is 13.0. The molecule has 0 saturated carbocycles. The number of nitrogen functional groups attached to an aromatic ring is 2. The molecule has 0 aromatic heterocycles. The van der Waals surface area contributed by atoms with E-state index in [9.17, 15) is 14.4 Å². The Morgan fingerprint density at radius 2 is 1.81 bits per heavy atom. The molecule has 1 aromatic carbocycles. The molecule has 26 heavy (non-hydrogen) atoms. The van der Waals surface area contributed by atoms with E-state index in [0.717, 1.165) is 0 Å². The van der Waals surface area contributed by atoms with Crippen LogP contribution >= 0.6 is 0 Å². The number of alkyl carbamates (subject to hydrolysis) is 1. The standard InChI is InChI=1S/C18H27N3O5/c1-6-7-12(21-17(24)26-18(2,3)4)15(22)13-11(19)9-8-10(14(13)20)16(23)25-5/h8-9,12H,6-7,19-20H2,1-5H3,(H,21,24). The second kappa shape index (κ2) is 8.55. The van der Waals surface area contributed by atoms with Gasteiger partial charge in [-0.15, -0.1) is 0 Å². The van der Waals surface area contributed by atoms with E-state index in [0.29, 0.717) is 12.8 Å². The number of amides is 1. The summed E-state index contributed by atoms with van der Waals surface area (Å²) in [7, 11) is 1.21. The van der Waals surface area contributed by atoms with Gasteiger partial charge >= 0.3 is 12.1 Å². The van der Waals surface area contributed by atoms with Crippen LogP contribution < -0.4 is 16.8 Å². The van der Waals surface area contributed by atoms with Gasteiger partial charge in [-0.25, -0.2) is 9.59 Å². The minimum Gasteiger partial charge on any atom is -0.465 e. The van der Waals surface area contributed by atoms with Crippen LogP contribution in [0, 0.1) is 0 Å². The normalized spacial score (nSPS) is 12.2. The lowest BCUT2D eigenvalue weighted by Crippen LogP contribution is -2.43. The number of methoxy groups -OCH3 is 1. The highest BCUT2D eigenvalue weighted by molar-refractivity contribution is 6.12. The fourth-order valence-corrected chi connectivity index (χ4v) is 2.38.